The molecule has 0 aliphatic heterocycles. The first-order valence-corrected chi connectivity index (χ1v) is 7.07. The number of benzene rings is 1. The number of hydrogen-bond donors (Lipinski definition) is 1. The molecule has 3 heteroatoms. The summed E-state index contributed by atoms with van der Waals surface area (Å²) in [6, 6.07) is 5.91. The number of rotatable bonds is 8. The van der Waals surface area contributed by atoms with Gasteiger partial charge in [0.15, 0.2) is 0 Å². The SMILES string of the molecule is CC#CCCOc1ccc(OC)cc1CNCC(C)C. The molecule has 0 saturated heterocycles. The van der Waals surface area contributed by atoms with Gasteiger partial charge in [-0.25, -0.2) is 0 Å². The van der Waals surface area contributed by atoms with Crippen molar-refractivity contribution in [1.82, 2.24) is 5.32 Å². The average molecular weight is 275 g/mol. The third-order valence-corrected chi connectivity index (χ3v) is 2.80. The summed E-state index contributed by atoms with van der Waals surface area (Å²) in [4.78, 5) is 0. The molecule has 20 heavy (non-hydrogen) atoms. The minimum atomic E-state index is 0.615. The summed E-state index contributed by atoms with van der Waals surface area (Å²) in [5.41, 5.74) is 1.12. The Morgan fingerprint density at radius 1 is 1.30 bits per heavy atom. The van der Waals surface area contributed by atoms with Gasteiger partial charge in [0.25, 0.3) is 0 Å². The predicted octanol–water partition coefficient (Wildman–Crippen LogP) is 3.23. The second kappa shape index (κ2) is 9.28. The standard InChI is InChI=1S/C17H25NO2/c1-5-6-7-10-20-17-9-8-16(19-4)11-15(17)13-18-12-14(2)3/h8-9,11,14,18H,7,10,12-13H2,1-4H3. The Balaban J connectivity index is 2.66. The first kappa shape index (κ1) is 16.4. The van der Waals surface area contributed by atoms with Crippen LogP contribution < -0.4 is 14.8 Å². The Kier molecular flexibility index (Phi) is 7.60. The summed E-state index contributed by atoms with van der Waals surface area (Å²) in [6.07, 6.45) is 0.751. The molecule has 0 unspecified atom stereocenters. The smallest absolute Gasteiger partial charge is 0.124 e. The molecule has 0 spiro atoms. The van der Waals surface area contributed by atoms with Crippen LogP contribution in [0.3, 0.4) is 0 Å². The van der Waals surface area contributed by atoms with Crippen LogP contribution in [0, 0.1) is 17.8 Å². The zero-order valence-electron chi connectivity index (χ0n) is 13.0. The van der Waals surface area contributed by atoms with E-state index in [0.717, 1.165) is 36.6 Å². The first-order valence-electron chi connectivity index (χ1n) is 7.07. The van der Waals surface area contributed by atoms with Crippen molar-refractivity contribution in [1.29, 1.82) is 0 Å². The highest BCUT2D eigenvalue weighted by Crippen LogP contribution is 2.24. The Hall–Kier alpha value is -1.66. The highest BCUT2D eigenvalue weighted by Gasteiger charge is 2.06. The topological polar surface area (TPSA) is 30.5 Å². The fourth-order valence-corrected chi connectivity index (χ4v) is 1.79. The average Bonchev–Trinajstić information content (AvgIpc) is 2.44. The zero-order valence-corrected chi connectivity index (χ0v) is 13.0. The van der Waals surface area contributed by atoms with Crippen LogP contribution in [-0.2, 0) is 6.54 Å². The maximum absolute atomic E-state index is 5.80. The second-order valence-electron chi connectivity index (χ2n) is 5.02. The van der Waals surface area contributed by atoms with Crippen molar-refractivity contribution in [3.8, 4) is 23.3 Å². The fraction of sp³-hybridized carbons (Fsp3) is 0.529. The van der Waals surface area contributed by atoms with E-state index in [1.165, 1.54) is 0 Å². The number of nitrogens with one attached hydrogen (secondary N) is 1. The van der Waals surface area contributed by atoms with Gasteiger partial charge in [-0.15, -0.1) is 11.8 Å². The molecule has 1 N–H and O–H groups in total. The molecule has 0 aliphatic rings. The van der Waals surface area contributed by atoms with Gasteiger partial charge in [-0.3, -0.25) is 0 Å². The molecule has 0 fully saturated rings. The Labute approximate surface area is 122 Å². The quantitative estimate of drug-likeness (QED) is 0.583. The van der Waals surface area contributed by atoms with Crippen LogP contribution >= 0.6 is 0 Å². The van der Waals surface area contributed by atoms with E-state index in [0.29, 0.717) is 12.5 Å². The molecule has 0 saturated carbocycles. The minimum Gasteiger partial charge on any atom is -0.497 e. The summed E-state index contributed by atoms with van der Waals surface area (Å²) < 4.78 is 11.1. The van der Waals surface area contributed by atoms with E-state index in [9.17, 15) is 0 Å². The molecular formula is C17H25NO2. The molecule has 1 aromatic rings. The molecule has 0 aliphatic carbocycles. The summed E-state index contributed by atoms with van der Waals surface area (Å²) >= 11 is 0. The lowest BCUT2D eigenvalue weighted by Crippen LogP contribution is -2.19. The molecule has 110 valence electrons. The number of hydrogen-bond acceptors (Lipinski definition) is 3. The van der Waals surface area contributed by atoms with Gasteiger partial charge in [0.05, 0.1) is 13.7 Å². The minimum absolute atomic E-state index is 0.615. The number of methoxy groups -OCH3 is 1. The molecule has 1 rings (SSSR count). The lowest BCUT2D eigenvalue weighted by Gasteiger charge is -2.14. The third kappa shape index (κ3) is 5.99. The van der Waals surface area contributed by atoms with Crippen molar-refractivity contribution in [2.45, 2.75) is 33.7 Å². The van der Waals surface area contributed by atoms with Gasteiger partial charge < -0.3 is 14.8 Å². The van der Waals surface area contributed by atoms with Crippen LogP contribution in [0.1, 0.15) is 32.8 Å². The summed E-state index contributed by atoms with van der Waals surface area (Å²) in [5, 5.41) is 3.43. The third-order valence-electron chi connectivity index (χ3n) is 2.80. The van der Waals surface area contributed by atoms with Crippen molar-refractivity contribution in [3.05, 3.63) is 23.8 Å². The van der Waals surface area contributed by atoms with Gasteiger partial charge >= 0.3 is 0 Å². The maximum atomic E-state index is 5.80. The maximum Gasteiger partial charge on any atom is 0.124 e. The van der Waals surface area contributed by atoms with Gasteiger partial charge in [-0.1, -0.05) is 13.8 Å². The van der Waals surface area contributed by atoms with E-state index in [-0.39, 0.29) is 0 Å². The molecule has 0 aromatic heterocycles. The Morgan fingerprint density at radius 2 is 2.10 bits per heavy atom. The van der Waals surface area contributed by atoms with E-state index in [4.69, 9.17) is 9.47 Å². The van der Waals surface area contributed by atoms with E-state index in [1.54, 1.807) is 7.11 Å². The normalized spacial score (nSPS) is 10.1. The van der Waals surface area contributed by atoms with E-state index >= 15 is 0 Å². The lowest BCUT2D eigenvalue weighted by atomic mass is 10.1. The van der Waals surface area contributed by atoms with Crippen molar-refractivity contribution < 1.29 is 9.47 Å². The molecule has 0 bridgehead atoms. The van der Waals surface area contributed by atoms with Gasteiger partial charge in [0, 0.05) is 18.5 Å². The predicted molar refractivity (Wildman–Crippen MR) is 83.1 cm³/mol. The Bertz CT molecular complexity index is 458. The zero-order chi connectivity index (χ0) is 14.8. The summed E-state index contributed by atoms with van der Waals surface area (Å²) in [5.74, 6) is 8.26. The van der Waals surface area contributed by atoms with Crippen LogP contribution in [-0.4, -0.2) is 20.3 Å². The molecule has 1 aromatic carbocycles. The molecule has 3 nitrogen and oxygen atoms in total. The first-order chi connectivity index (χ1) is 9.67. The molecule has 0 radical (unpaired) electrons. The van der Waals surface area contributed by atoms with Crippen LogP contribution in [0.15, 0.2) is 18.2 Å². The van der Waals surface area contributed by atoms with E-state index in [2.05, 4.69) is 31.0 Å². The fourth-order valence-electron chi connectivity index (χ4n) is 1.79. The van der Waals surface area contributed by atoms with Crippen LogP contribution in [0.4, 0.5) is 0 Å². The van der Waals surface area contributed by atoms with Gasteiger partial charge in [0.1, 0.15) is 11.5 Å². The van der Waals surface area contributed by atoms with Crippen molar-refractivity contribution >= 4 is 0 Å². The highest BCUT2D eigenvalue weighted by atomic mass is 16.5. The van der Waals surface area contributed by atoms with Crippen molar-refractivity contribution in [3.63, 3.8) is 0 Å². The van der Waals surface area contributed by atoms with Gasteiger partial charge in [-0.05, 0) is 37.6 Å². The van der Waals surface area contributed by atoms with Gasteiger partial charge in [-0.2, -0.15) is 0 Å². The Morgan fingerprint density at radius 3 is 2.75 bits per heavy atom. The van der Waals surface area contributed by atoms with Crippen molar-refractivity contribution in [2.24, 2.45) is 5.92 Å². The van der Waals surface area contributed by atoms with E-state index < -0.39 is 0 Å². The van der Waals surface area contributed by atoms with Crippen molar-refractivity contribution in [2.75, 3.05) is 20.3 Å². The molecule has 0 atom stereocenters. The van der Waals surface area contributed by atoms with Crippen LogP contribution in [0.25, 0.3) is 0 Å². The lowest BCUT2D eigenvalue weighted by molar-refractivity contribution is 0.321. The largest absolute Gasteiger partial charge is 0.497 e. The summed E-state index contributed by atoms with van der Waals surface area (Å²) in [6.45, 7) is 8.61. The van der Waals surface area contributed by atoms with Crippen LogP contribution in [0.2, 0.25) is 0 Å². The second-order valence-corrected chi connectivity index (χ2v) is 5.02. The molecule has 0 heterocycles. The highest BCUT2D eigenvalue weighted by molar-refractivity contribution is 5.40. The van der Waals surface area contributed by atoms with E-state index in [1.807, 2.05) is 25.1 Å². The summed E-state index contributed by atoms with van der Waals surface area (Å²) in [7, 11) is 1.68. The van der Waals surface area contributed by atoms with Gasteiger partial charge in [0.2, 0.25) is 0 Å². The molecule has 0 amide bonds. The monoisotopic (exact) mass is 275 g/mol. The number of ether oxygens (including phenoxy) is 2. The molecular weight excluding hydrogens is 250 g/mol. The van der Waals surface area contributed by atoms with Crippen LogP contribution in [0.5, 0.6) is 11.5 Å².